The van der Waals surface area contributed by atoms with Gasteiger partial charge in [-0.15, -0.1) is 0 Å². The van der Waals surface area contributed by atoms with Crippen LogP contribution in [0.5, 0.6) is 0 Å². The van der Waals surface area contributed by atoms with Crippen molar-refractivity contribution in [2.75, 3.05) is 19.0 Å². The van der Waals surface area contributed by atoms with Crippen LogP contribution in [0.3, 0.4) is 0 Å². The van der Waals surface area contributed by atoms with E-state index in [1.54, 1.807) is 18.2 Å². The fourth-order valence-electron chi connectivity index (χ4n) is 2.53. The van der Waals surface area contributed by atoms with Gasteiger partial charge in [-0.1, -0.05) is 20.8 Å². The molecule has 0 saturated heterocycles. The molecule has 4 N–H and O–H groups in total. The monoisotopic (exact) mass is 348 g/mol. The molecule has 1 aromatic carbocycles. The number of fused-ring (bicyclic) bond motifs is 1. The second kappa shape index (κ2) is 7.52. The zero-order valence-corrected chi connectivity index (χ0v) is 14.8. The van der Waals surface area contributed by atoms with Crippen molar-refractivity contribution < 1.29 is 19.4 Å². The summed E-state index contributed by atoms with van der Waals surface area (Å²) in [7, 11) is 1.28. The predicted octanol–water partition coefficient (Wildman–Crippen LogP) is 2.27. The van der Waals surface area contributed by atoms with Gasteiger partial charge >= 0.3 is 12.0 Å². The molecule has 25 heavy (non-hydrogen) atoms. The van der Waals surface area contributed by atoms with Crippen molar-refractivity contribution in [2.24, 2.45) is 5.41 Å². The number of imidazole rings is 1. The second-order valence-electron chi connectivity index (χ2n) is 7.05. The van der Waals surface area contributed by atoms with Crippen LogP contribution in [0.1, 0.15) is 37.8 Å². The van der Waals surface area contributed by atoms with Gasteiger partial charge in [-0.2, -0.15) is 0 Å². The largest absolute Gasteiger partial charge is 0.463 e. The van der Waals surface area contributed by atoms with E-state index in [1.807, 2.05) is 20.8 Å². The Morgan fingerprint density at radius 3 is 2.68 bits per heavy atom. The number of anilines is 1. The summed E-state index contributed by atoms with van der Waals surface area (Å²) < 4.78 is 4.62. The van der Waals surface area contributed by atoms with Gasteiger partial charge in [-0.3, -0.25) is 0 Å². The van der Waals surface area contributed by atoms with E-state index >= 15 is 0 Å². The van der Waals surface area contributed by atoms with E-state index in [4.69, 9.17) is 0 Å². The fraction of sp³-hybridized carbons (Fsp3) is 0.471. The summed E-state index contributed by atoms with van der Waals surface area (Å²) in [4.78, 5) is 30.6. The first-order valence-electron chi connectivity index (χ1n) is 7.98. The van der Waals surface area contributed by atoms with Crippen molar-refractivity contribution in [1.29, 1.82) is 0 Å². The first-order chi connectivity index (χ1) is 11.7. The second-order valence-corrected chi connectivity index (χ2v) is 7.05. The van der Waals surface area contributed by atoms with E-state index in [1.165, 1.54) is 7.11 Å². The van der Waals surface area contributed by atoms with Gasteiger partial charge in [0, 0.05) is 5.69 Å². The number of rotatable bonds is 5. The SMILES string of the molecule is COC(=O)c1nc2ccc(NC(=O)NC(CO)CC(C)(C)C)cc2[nH]1. The Labute approximate surface area is 146 Å². The van der Waals surface area contributed by atoms with Gasteiger partial charge < -0.3 is 25.5 Å². The fourth-order valence-corrected chi connectivity index (χ4v) is 2.53. The Bertz CT molecular complexity index is 764. The molecule has 0 fully saturated rings. The standard InChI is InChI=1S/C17H24N4O4/c1-17(2,3)8-11(9-22)19-16(24)18-10-5-6-12-13(7-10)21-14(20-12)15(23)25-4/h5-7,11,22H,8-9H2,1-4H3,(H,20,21)(H2,18,19,24). The van der Waals surface area contributed by atoms with Crippen LogP contribution in [0.25, 0.3) is 11.0 Å². The van der Waals surface area contributed by atoms with E-state index in [-0.39, 0.29) is 23.9 Å². The number of nitrogens with one attached hydrogen (secondary N) is 3. The first-order valence-corrected chi connectivity index (χ1v) is 7.98. The van der Waals surface area contributed by atoms with Gasteiger partial charge in [0.15, 0.2) is 0 Å². The Kier molecular flexibility index (Phi) is 5.63. The van der Waals surface area contributed by atoms with Crippen molar-refractivity contribution in [3.63, 3.8) is 0 Å². The number of aromatic nitrogens is 2. The van der Waals surface area contributed by atoms with Gasteiger partial charge in [0.25, 0.3) is 0 Å². The third kappa shape index (κ3) is 5.18. The Morgan fingerprint density at radius 2 is 2.08 bits per heavy atom. The number of benzene rings is 1. The van der Waals surface area contributed by atoms with Crippen LogP contribution < -0.4 is 10.6 Å². The Hall–Kier alpha value is -2.61. The normalized spacial score (nSPS) is 12.7. The molecule has 2 rings (SSSR count). The van der Waals surface area contributed by atoms with Crippen LogP contribution in [-0.2, 0) is 4.74 Å². The third-order valence-electron chi connectivity index (χ3n) is 3.53. The number of hydrogen-bond acceptors (Lipinski definition) is 5. The topological polar surface area (TPSA) is 116 Å². The minimum absolute atomic E-state index is 0.0141. The number of carbonyl (C=O) groups excluding carboxylic acids is 2. The molecule has 0 radical (unpaired) electrons. The lowest BCUT2D eigenvalue weighted by atomic mass is 9.88. The highest BCUT2D eigenvalue weighted by atomic mass is 16.5. The maximum absolute atomic E-state index is 12.1. The summed E-state index contributed by atoms with van der Waals surface area (Å²) in [5.41, 5.74) is 1.72. The summed E-state index contributed by atoms with van der Waals surface area (Å²) in [6.07, 6.45) is 0.652. The zero-order chi connectivity index (χ0) is 18.6. The Morgan fingerprint density at radius 1 is 1.36 bits per heavy atom. The number of aromatic amines is 1. The lowest BCUT2D eigenvalue weighted by Gasteiger charge is -2.25. The Balaban J connectivity index is 2.06. The average Bonchev–Trinajstić information content (AvgIpc) is 2.95. The molecule has 1 heterocycles. The molecule has 1 unspecified atom stereocenters. The van der Waals surface area contributed by atoms with Gasteiger partial charge in [-0.05, 0) is 30.0 Å². The lowest BCUT2D eigenvalue weighted by molar-refractivity contribution is 0.0588. The number of aliphatic hydroxyl groups excluding tert-OH is 1. The molecule has 0 saturated carbocycles. The number of esters is 1. The summed E-state index contributed by atoms with van der Waals surface area (Å²) in [6.45, 7) is 5.99. The number of urea groups is 1. The molecule has 8 nitrogen and oxygen atoms in total. The van der Waals surface area contributed by atoms with E-state index in [0.717, 1.165) is 0 Å². The van der Waals surface area contributed by atoms with Crippen LogP contribution in [0.15, 0.2) is 18.2 Å². The molecule has 0 aliphatic rings. The summed E-state index contributed by atoms with van der Waals surface area (Å²) in [5, 5.41) is 14.9. The van der Waals surface area contributed by atoms with E-state index in [2.05, 4.69) is 25.3 Å². The molecular weight excluding hydrogens is 324 g/mol. The van der Waals surface area contributed by atoms with Crippen LogP contribution in [0, 0.1) is 5.41 Å². The van der Waals surface area contributed by atoms with E-state index in [9.17, 15) is 14.7 Å². The molecular formula is C17H24N4O4. The maximum atomic E-state index is 12.1. The van der Waals surface area contributed by atoms with Gasteiger partial charge in [0.05, 0.1) is 30.8 Å². The number of H-pyrrole nitrogens is 1. The summed E-state index contributed by atoms with van der Waals surface area (Å²) >= 11 is 0. The molecule has 136 valence electrons. The van der Waals surface area contributed by atoms with Gasteiger partial charge in [0.1, 0.15) is 0 Å². The minimum atomic E-state index is -0.559. The zero-order valence-electron chi connectivity index (χ0n) is 14.8. The molecule has 8 heteroatoms. The third-order valence-corrected chi connectivity index (χ3v) is 3.53. The number of hydrogen-bond donors (Lipinski definition) is 4. The summed E-state index contributed by atoms with van der Waals surface area (Å²) in [6, 6.07) is 4.30. The number of nitrogens with zero attached hydrogens (tertiary/aromatic N) is 1. The number of methoxy groups -OCH3 is 1. The van der Waals surface area contributed by atoms with Crippen molar-refractivity contribution in [3.05, 3.63) is 24.0 Å². The summed E-state index contributed by atoms with van der Waals surface area (Å²) in [5.74, 6) is -0.457. The van der Waals surface area contributed by atoms with Crippen molar-refractivity contribution in [3.8, 4) is 0 Å². The molecule has 0 aliphatic carbocycles. The number of carbonyl (C=O) groups is 2. The van der Waals surface area contributed by atoms with Crippen molar-refractivity contribution in [2.45, 2.75) is 33.2 Å². The number of aliphatic hydroxyl groups is 1. The molecule has 1 atom stereocenters. The molecule has 2 amide bonds. The van der Waals surface area contributed by atoms with Crippen molar-refractivity contribution in [1.82, 2.24) is 15.3 Å². The number of ether oxygens (including phenoxy) is 1. The highest BCUT2D eigenvalue weighted by Crippen LogP contribution is 2.21. The molecule has 1 aromatic heterocycles. The smallest absolute Gasteiger partial charge is 0.374 e. The van der Waals surface area contributed by atoms with Crippen LogP contribution in [0.2, 0.25) is 0 Å². The molecule has 2 aromatic rings. The van der Waals surface area contributed by atoms with Crippen molar-refractivity contribution >= 4 is 28.7 Å². The predicted molar refractivity (Wildman–Crippen MR) is 94.5 cm³/mol. The highest BCUT2D eigenvalue weighted by Gasteiger charge is 2.20. The minimum Gasteiger partial charge on any atom is -0.463 e. The molecule has 0 spiro atoms. The van der Waals surface area contributed by atoms with E-state index in [0.29, 0.717) is 23.1 Å². The number of amides is 2. The van der Waals surface area contributed by atoms with Crippen LogP contribution in [0.4, 0.5) is 10.5 Å². The average molecular weight is 348 g/mol. The molecule has 0 bridgehead atoms. The van der Waals surface area contributed by atoms with Gasteiger partial charge in [-0.25, -0.2) is 14.6 Å². The highest BCUT2D eigenvalue weighted by molar-refractivity contribution is 5.94. The van der Waals surface area contributed by atoms with Gasteiger partial charge in [0.2, 0.25) is 5.82 Å². The van der Waals surface area contributed by atoms with Crippen LogP contribution >= 0.6 is 0 Å². The van der Waals surface area contributed by atoms with Crippen LogP contribution in [-0.4, -0.2) is 46.8 Å². The van der Waals surface area contributed by atoms with E-state index < -0.39 is 12.0 Å². The first kappa shape index (κ1) is 18.7. The lowest BCUT2D eigenvalue weighted by Crippen LogP contribution is -2.42. The maximum Gasteiger partial charge on any atom is 0.374 e. The molecule has 0 aliphatic heterocycles. The quantitative estimate of drug-likeness (QED) is 0.619.